The average Bonchev–Trinajstić information content (AvgIpc) is 2.40. The summed E-state index contributed by atoms with van der Waals surface area (Å²) >= 11 is 0. The Balaban J connectivity index is 1.97. The Hall–Kier alpha value is -1.96. The van der Waals surface area contributed by atoms with Crippen molar-refractivity contribution in [3.05, 3.63) is 66.2 Å². The van der Waals surface area contributed by atoms with E-state index in [0.29, 0.717) is 0 Å². The Morgan fingerprint density at radius 1 is 1.11 bits per heavy atom. The van der Waals surface area contributed by atoms with E-state index in [1.807, 2.05) is 24.3 Å². The minimum absolute atomic E-state index is 0.0916. The molecule has 0 saturated heterocycles. The van der Waals surface area contributed by atoms with Crippen molar-refractivity contribution in [2.75, 3.05) is 0 Å². The lowest BCUT2D eigenvalue weighted by atomic mass is 9.88. The van der Waals surface area contributed by atoms with E-state index < -0.39 is 0 Å². The molecule has 18 heavy (non-hydrogen) atoms. The Kier molecular flexibility index (Phi) is 2.71. The molecule has 2 aromatic carbocycles. The summed E-state index contributed by atoms with van der Waals surface area (Å²) < 4.78 is 6.08. The van der Waals surface area contributed by atoms with Crippen molar-refractivity contribution in [2.24, 2.45) is 0 Å². The van der Waals surface area contributed by atoms with Gasteiger partial charge in [-0.25, -0.2) is 0 Å². The largest absolute Gasteiger partial charge is 0.485 e. The van der Waals surface area contributed by atoms with E-state index >= 15 is 0 Å². The van der Waals surface area contributed by atoms with E-state index in [1.165, 1.54) is 11.0 Å². The standard InChI is InChI=1S/C16H15BO/c1-11-9-16(12-5-3-2-4-6-12)18-15-8-7-13(17)10-14(11)15/h2-8,10,16H,1,9,17H2. The molecule has 0 saturated carbocycles. The van der Waals surface area contributed by atoms with Crippen molar-refractivity contribution >= 4 is 18.9 Å². The Bertz CT molecular complexity index is 589. The van der Waals surface area contributed by atoms with E-state index in [0.717, 1.165) is 23.3 Å². The van der Waals surface area contributed by atoms with Gasteiger partial charge in [0.1, 0.15) is 19.7 Å². The molecule has 0 N–H and O–H groups in total. The second-order valence-corrected chi connectivity index (χ2v) is 4.82. The van der Waals surface area contributed by atoms with E-state index in [2.05, 4.69) is 38.7 Å². The maximum absolute atomic E-state index is 6.08. The summed E-state index contributed by atoms with van der Waals surface area (Å²) in [6.45, 7) is 4.19. The molecule has 0 fully saturated rings. The molecule has 0 spiro atoms. The highest BCUT2D eigenvalue weighted by atomic mass is 16.5. The van der Waals surface area contributed by atoms with Gasteiger partial charge in [0.2, 0.25) is 0 Å². The number of ether oxygens (including phenoxy) is 1. The van der Waals surface area contributed by atoms with Crippen molar-refractivity contribution in [1.29, 1.82) is 0 Å². The maximum atomic E-state index is 6.08. The fourth-order valence-electron chi connectivity index (χ4n) is 2.41. The first-order valence-electron chi connectivity index (χ1n) is 6.24. The maximum Gasteiger partial charge on any atom is 0.139 e. The SMILES string of the molecule is Bc1ccc2c(c1)C(=C)CC(c1ccccc1)O2. The van der Waals surface area contributed by atoms with Crippen LogP contribution in [0.25, 0.3) is 5.57 Å². The van der Waals surface area contributed by atoms with Gasteiger partial charge in [0.25, 0.3) is 0 Å². The number of benzene rings is 2. The first-order valence-corrected chi connectivity index (χ1v) is 6.24. The van der Waals surface area contributed by atoms with Crippen LogP contribution in [0.5, 0.6) is 5.75 Å². The molecule has 1 unspecified atom stereocenters. The lowest BCUT2D eigenvalue weighted by molar-refractivity contribution is 0.202. The zero-order chi connectivity index (χ0) is 12.5. The average molecular weight is 234 g/mol. The van der Waals surface area contributed by atoms with Crippen LogP contribution >= 0.6 is 0 Å². The Morgan fingerprint density at radius 2 is 1.89 bits per heavy atom. The molecule has 1 aliphatic heterocycles. The van der Waals surface area contributed by atoms with Crippen molar-refractivity contribution in [3.63, 3.8) is 0 Å². The summed E-state index contributed by atoms with van der Waals surface area (Å²) in [6.07, 6.45) is 0.953. The molecule has 3 rings (SSSR count). The molecule has 1 aliphatic rings. The highest BCUT2D eigenvalue weighted by Gasteiger charge is 2.23. The van der Waals surface area contributed by atoms with Crippen LogP contribution < -0.4 is 10.2 Å². The monoisotopic (exact) mass is 234 g/mol. The second kappa shape index (κ2) is 4.38. The molecule has 0 aromatic heterocycles. The predicted octanol–water partition coefficient (Wildman–Crippen LogP) is 2.48. The quantitative estimate of drug-likeness (QED) is 0.689. The number of fused-ring (bicyclic) bond motifs is 1. The third-order valence-electron chi connectivity index (χ3n) is 3.39. The number of hydrogen-bond donors (Lipinski definition) is 0. The highest BCUT2D eigenvalue weighted by molar-refractivity contribution is 6.32. The molecule has 2 aromatic rings. The molecular weight excluding hydrogens is 219 g/mol. The lowest BCUT2D eigenvalue weighted by Crippen LogP contribution is -2.16. The predicted molar refractivity (Wildman–Crippen MR) is 78.1 cm³/mol. The number of rotatable bonds is 1. The van der Waals surface area contributed by atoms with Gasteiger partial charge >= 0.3 is 0 Å². The first kappa shape index (κ1) is 11.2. The van der Waals surface area contributed by atoms with Gasteiger partial charge in [-0.2, -0.15) is 0 Å². The van der Waals surface area contributed by atoms with E-state index in [4.69, 9.17) is 4.74 Å². The third kappa shape index (κ3) is 1.95. The number of hydrogen-bond acceptors (Lipinski definition) is 1. The molecule has 1 atom stereocenters. The first-order chi connectivity index (χ1) is 8.74. The summed E-state index contributed by atoms with van der Waals surface area (Å²) in [6, 6.07) is 16.6. The van der Waals surface area contributed by atoms with Crippen molar-refractivity contribution < 1.29 is 4.74 Å². The van der Waals surface area contributed by atoms with Gasteiger partial charge in [-0.3, -0.25) is 0 Å². The minimum atomic E-state index is 0.0916. The van der Waals surface area contributed by atoms with Crippen LogP contribution in [0, 0.1) is 0 Å². The van der Waals surface area contributed by atoms with Gasteiger partial charge in [-0.1, -0.05) is 54.5 Å². The Morgan fingerprint density at radius 3 is 2.67 bits per heavy atom. The van der Waals surface area contributed by atoms with E-state index in [9.17, 15) is 0 Å². The Labute approximate surface area is 109 Å². The van der Waals surface area contributed by atoms with Crippen LogP contribution in [0.15, 0.2) is 55.1 Å². The normalized spacial score (nSPS) is 18.0. The summed E-state index contributed by atoms with van der Waals surface area (Å²) in [5.41, 5.74) is 4.78. The van der Waals surface area contributed by atoms with Crippen molar-refractivity contribution in [2.45, 2.75) is 12.5 Å². The fourth-order valence-corrected chi connectivity index (χ4v) is 2.41. The zero-order valence-corrected chi connectivity index (χ0v) is 10.5. The molecule has 88 valence electrons. The van der Waals surface area contributed by atoms with Gasteiger partial charge < -0.3 is 4.74 Å². The topological polar surface area (TPSA) is 9.23 Å². The van der Waals surface area contributed by atoms with Crippen LogP contribution in [0.2, 0.25) is 0 Å². The molecule has 2 heteroatoms. The van der Waals surface area contributed by atoms with Crippen LogP contribution in [-0.4, -0.2) is 7.85 Å². The summed E-state index contributed by atoms with van der Waals surface area (Å²) in [5, 5.41) is 0. The smallest absolute Gasteiger partial charge is 0.139 e. The van der Waals surface area contributed by atoms with Crippen LogP contribution in [0.1, 0.15) is 23.7 Å². The van der Waals surface area contributed by atoms with E-state index in [-0.39, 0.29) is 6.10 Å². The lowest BCUT2D eigenvalue weighted by Gasteiger charge is -2.28. The molecule has 1 nitrogen and oxygen atoms in total. The van der Waals surface area contributed by atoms with Gasteiger partial charge in [0.15, 0.2) is 0 Å². The third-order valence-corrected chi connectivity index (χ3v) is 3.39. The second-order valence-electron chi connectivity index (χ2n) is 4.82. The molecule has 0 aliphatic carbocycles. The molecule has 0 amide bonds. The summed E-state index contributed by atoms with van der Waals surface area (Å²) in [7, 11) is 2.09. The molecule has 0 radical (unpaired) electrons. The van der Waals surface area contributed by atoms with Crippen LogP contribution in [-0.2, 0) is 0 Å². The van der Waals surface area contributed by atoms with Gasteiger partial charge in [-0.05, 0) is 17.2 Å². The summed E-state index contributed by atoms with van der Waals surface area (Å²) in [4.78, 5) is 0. The minimum Gasteiger partial charge on any atom is -0.485 e. The van der Waals surface area contributed by atoms with Crippen LogP contribution in [0.3, 0.4) is 0 Å². The zero-order valence-electron chi connectivity index (χ0n) is 10.5. The van der Waals surface area contributed by atoms with Crippen LogP contribution in [0.4, 0.5) is 0 Å². The van der Waals surface area contributed by atoms with Gasteiger partial charge in [0, 0.05) is 12.0 Å². The van der Waals surface area contributed by atoms with Crippen molar-refractivity contribution in [1.82, 2.24) is 0 Å². The molecule has 1 heterocycles. The highest BCUT2D eigenvalue weighted by Crippen LogP contribution is 2.39. The fraction of sp³-hybridized carbons (Fsp3) is 0.125. The van der Waals surface area contributed by atoms with Gasteiger partial charge in [-0.15, -0.1) is 0 Å². The van der Waals surface area contributed by atoms with E-state index in [1.54, 1.807) is 0 Å². The van der Waals surface area contributed by atoms with Gasteiger partial charge in [0.05, 0.1) is 0 Å². The summed E-state index contributed by atoms with van der Waals surface area (Å²) in [5.74, 6) is 0.950. The van der Waals surface area contributed by atoms with Crippen molar-refractivity contribution in [3.8, 4) is 5.75 Å². The molecular formula is C16H15BO. The molecule has 0 bridgehead atoms.